The summed E-state index contributed by atoms with van der Waals surface area (Å²) in [4.78, 5) is 24.6. The molecule has 1 N–H and O–H groups in total. The molecule has 1 aliphatic rings. The summed E-state index contributed by atoms with van der Waals surface area (Å²) in [5.74, 6) is -1.75. The van der Waals surface area contributed by atoms with Gasteiger partial charge in [0, 0.05) is 24.2 Å². The number of aromatic nitrogens is 1. The maximum atomic E-state index is 14.1. The number of hydrogen-bond donors (Lipinski definition) is 1. The summed E-state index contributed by atoms with van der Waals surface area (Å²) in [6.45, 7) is 1.77. The van der Waals surface area contributed by atoms with Gasteiger partial charge in [-0.25, -0.2) is 9.18 Å². The number of fused-ring (bicyclic) bond motifs is 1. The van der Waals surface area contributed by atoms with E-state index in [-0.39, 0.29) is 32.0 Å². The molecule has 1 atom stereocenters. The van der Waals surface area contributed by atoms with E-state index in [1.807, 2.05) is 41.8 Å². The van der Waals surface area contributed by atoms with Crippen molar-refractivity contribution in [2.45, 2.75) is 25.6 Å². The molecule has 0 saturated carbocycles. The molecule has 1 unspecified atom stereocenters. The van der Waals surface area contributed by atoms with Gasteiger partial charge in [0.05, 0.1) is 6.54 Å². The van der Waals surface area contributed by atoms with Crippen molar-refractivity contribution in [2.24, 2.45) is 0 Å². The third-order valence-electron chi connectivity index (χ3n) is 4.27. The van der Waals surface area contributed by atoms with Crippen molar-refractivity contribution in [3.63, 3.8) is 0 Å². The van der Waals surface area contributed by atoms with E-state index >= 15 is 0 Å². The van der Waals surface area contributed by atoms with Gasteiger partial charge in [-0.1, -0.05) is 18.2 Å². The average Bonchev–Trinajstić information content (AvgIpc) is 3.02. The molecule has 3 rings (SSSR count). The molecule has 0 aliphatic carbocycles. The molecule has 5 nitrogen and oxygen atoms in total. The van der Waals surface area contributed by atoms with Crippen LogP contribution in [0.4, 0.5) is 4.39 Å². The number of carboxylic acids is 1. The smallest absolute Gasteiger partial charge is 0.343 e. The monoisotopic (exact) mass is 304 g/mol. The number of nitrogens with zero attached hydrogens (tertiary/aromatic N) is 2. The number of amides is 1. The van der Waals surface area contributed by atoms with E-state index < -0.39 is 11.6 Å². The third-order valence-corrected chi connectivity index (χ3v) is 4.27. The lowest BCUT2D eigenvalue weighted by atomic mass is 10.1. The van der Waals surface area contributed by atoms with E-state index in [1.54, 1.807) is 0 Å². The highest BCUT2D eigenvalue weighted by molar-refractivity contribution is 5.85. The largest absolute Gasteiger partial charge is 0.479 e. The molecule has 0 radical (unpaired) electrons. The standard InChI is InChI=1S/C16H17FN2O3/c1-11-8-12-4-2-3-5-13(12)19(11)9-14(20)18-7-6-16(17,10-18)15(21)22/h2-5,8H,6-7,9-10H2,1H3,(H,21,22). The Bertz CT molecular complexity index is 755. The van der Waals surface area contributed by atoms with Crippen LogP contribution in [0.15, 0.2) is 30.3 Å². The van der Waals surface area contributed by atoms with Gasteiger partial charge in [0.15, 0.2) is 0 Å². The molecule has 1 amide bonds. The van der Waals surface area contributed by atoms with Gasteiger partial charge in [-0.05, 0) is 24.4 Å². The quantitative estimate of drug-likeness (QED) is 0.943. The van der Waals surface area contributed by atoms with E-state index in [1.165, 1.54) is 4.90 Å². The van der Waals surface area contributed by atoms with Crippen molar-refractivity contribution >= 4 is 22.8 Å². The number of aryl methyl sites for hydroxylation is 1. The predicted molar refractivity (Wildman–Crippen MR) is 79.3 cm³/mol. The molecule has 1 saturated heterocycles. The van der Waals surface area contributed by atoms with Crippen LogP contribution in [-0.4, -0.2) is 45.2 Å². The number of halogens is 1. The van der Waals surface area contributed by atoms with Gasteiger partial charge in [-0.15, -0.1) is 0 Å². The van der Waals surface area contributed by atoms with Gasteiger partial charge in [0.25, 0.3) is 0 Å². The van der Waals surface area contributed by atoms with E-state index in [0.717, 1.165) is 16.6 Å². The highest BCUT2D eigenvalue weighted by atomic mass is 19.1. The Morgan fingerprint density at radius 2 is 2.09 bits per heavy atom. The van der Waals surface area contributed by atoms with Gasteiger partial charge >= 0.3 is 5.97 Å². The van der Waals surface area contributed by atoms with Crippen LogP contribution in [0.5, 0.6) is 0 Å². The number of carbonyl (C=O) groups excluding carboxylic acids is 1. The normalized spacial score (nSPS) is 21.5. The molecule has 6 heteroatoms. The molecule has 1 fully saturated rings. The second-order valence-electron chi connectivity index (χ2n) is 5.77. The Morgan fingerprint density at radius 3 is 2.77 bits per heavy atom. The molecule has 0 spiro atoms. The fraction of sp³-hybridized carbons (Fsp3) is 0.375. The van der Waals surface area contributed by atoms with Crippen LogP contribution in [-0.2, 0) is 16.1 Å². The van der Waals surface area contributed by atoms with Gasteiger partial charge in [-0.3, -0.25) is 4.79 Å². The van der Waals surface area contributed by atoms with Crippen molar-refractivity contribution in [3.8, 4) is 0 Å². The van der Waals surface area contributed by atoms with E-state index in [2.05, 4.69) is 0 Å². The average molecular weight is 304 g/mol. The second kappa shape index (κ2) is 5.12. The topological polar surface area (TPSA) is 62.5 Å². The van der Waals surface area contributed by atoms with Crippen LogP contribution in [0, 0.1) is 6.92 Å². The number of aliphatic carboxylic acids is 1. The first-order valence-electron chi connectivity index (χ1n) is 7.16. The Labute approximate surface area is 126 Å². The van der Waals surface area contributed by atoms with Crippen LogP contribution >= 0.6 is 0 Å². The minimum Gasteiger partial charge on any atom is -0.479 e. The van der Waals surface area contributed by atoms with Crippen molar-refractivity contribution in [1.29, 1.82) is 0 Å². The minimum absolute atomic E-state index is 0.0923. The maximum Gasteiger partial charge on any atom is 0.343 e. The van der Waals surface area contributed by atoms with Crippen molar-refractivity contribution < 1.29 is 19.1 Å². The predicted octanol–water partition coefficient (Wildman–Crippen LogP) is 1.97. The number of rotatable bonds is 3. The van der Waals surface area contributed by atoms with Gasteiger partial charge in [-0.2, -0.15) is 0 Å². The number of likely N-dealkylation sites (tertiary alicyclic amines) is 1. The number of hydrogen-bond acceptors (Lipinski definition) is 2. The molecular formula is C16H17FN2O3. The van der Waals surface area contributed by atoms with Crippen molar-refractivity contribution in [2.75, 3.05) is 13.1 Å². The van der Waals surface area contributed by atoms with Crippen molar-refractivity contribution in [1.82, 2.24) is 9.47 Å². The Balaban J connectivity index is 1.80. The van der Waals surface area contributed by atoms with E-state index in [9.17, 15) is 14.0 Å². The first-order chi connectivity index (χ1) is 10.4. The molecule has 1 aromatic heterocycles. The number of alkyl halides is 1. The third kappa shape index (κ3) is 2.34. The fourth-order valence-corrected chi connectivity index (χ4v) is 2.95. The second-order valence-corrected chi connectivity index (χ2v) is 5.77. The first kappa shape index (κ1) is 14.6. The minimum atomic E-state index is -2.32. The Morgan fingerprint density at radius 1 is 1.36 bits per heavy atom. The highest BCUT2D eigenvalue weighted by Gasteiger charge is 2.46. The summed E-state index contributed by atoms with van der Waals surface area (Å²) in [5.41, 5.74) is -0.431. The summed E-state index contributed by atoms with van der Waals surface area (Å²) in [7, 11) is 0. The SMILES string of the molecule is Cc1cc2ccccc2n1CC(=O)N1CCC(F)(C(=O)O)C1. The van der Waals surface area contributed by atoms with Gasteiger partial charge in [0.2, 0.25) is 11.6 Å². The maximum absolute atomic E-state index is 14.1. The lowest BCUT2D eigenvalue weighted by molar-refractivity contribution is -0.150. The zero-order valence-corrected chi connectivity index (χ0v) is 12.3. The lowest BCUT2D eigenvalue weighted by Gasteiger charge is -2.19. The van der Waals surface area contributed by atoms with Crippen LogP contribution in [0.3, 0.4) is 0 Å². The van der Waals surface area contributed by atoms with Crippen LogP contribution in [0.2, 0.25) is 0 Å². The molecule has 22 heavy (non-hydrogen) atoms. The van der Waals surface area contributed by atoms with Crippen LogP contribution < -0.4 is 0 Å². The van der Waals surface area contributed by atoms with Gasteiger partial charge in [0.1, 0.15) is 6.54 Å². The first-order valence-corrected chi connectivity index (χ1v) is 7.16. The zero-order chi connectivity index (χ0) is 15.9. The number of benzene rings is 1. The highest BCUT2D eigenvalue weighted by Crippen LogP contribution is 2.27. The molecule has 116 valence electrons. The van der Waals surface area contributed by atoms with Crippen LogP contribution in [0.25, 0.3) is 10.9 Å². The lowest BCUT2D eigenvalue weighted by Crippen LogP contribution is -2.39. The zero-order valence-electron chi connectivity index (χ0n) is 12.3. The Kier molecular flexibility index (Phi) is 3.39. The summed E-state index contributed by atoms with van der Waals surface area (Å²) in [5, 5.41) is 9.94. The van der Waals surface area contributed by atoms with E-state index in [4.69, 9.17) is 5.11 Å². The van der Waals surface area contributed by atoms with E-state index in [0.29, 0.717) is 0 Å². The fourth-order valence-electron chi connectivity index (χ4n) is 2.95. The summed E-state index contributed by atoms with van der Waals surface area (Å²) in [6.07, 6.45) is -0.153. The number of para-hydroxylation sites is 1. The molecular weight excluding hydrogens is 287 g/mol. The molecule has 2 aromatic rings. The van der Waals surface area contributed by atoms with Gasteiger partial charge < -0.3 is 14.6 Å². The summed E-state index contributed by atoms with van der Waals surface area (Å²) >= 11 is 0. The summed E-state index contributed by atoms with van der Waals surface area (Å²) in [6, 6.07) is 9.71. The number of carbonyl (C=O) groups is 2. The molecule has 1 aromatic carbocycles. The molecule has 1 aliphatic heterocycles. The molecule has 2 heterocycles. The van der Waals surface area contributed by atoms with Crippen molar-refractivity contribution in [3.05, 3.63) is 36.0 Å². The van der Waals surface area contributed by atoms with Crippen LogP contribution in [0.1, 0.15) is 12.1 Å². The number of carboxylic acid groups (broad SMARTS) is 1. The summed E-state index contributed by atoms with van der Waals surface area (Å²) < 4.78 is 15.9. The molecule has 0 bridgehead atoms. The Hall–Kier alpha value is -2.37.